The van der Waals surface area contributed by atoms with Crippen molar-refractivity contribution in [2.45, 2.75) is 20.8 Å². The molecule has 0 saturated carbocycles. The number of rotatable bonds is 10. The lowest BCUT2D eigenvalue weighted by atomic mass is 10.1. The molecule has 0 aliphatic carbocycles. The number of carbonyl (C=O) groups is 1. The van der Waals surface area contributed by atoms with Gasteiger partial charge in [-0.2, -0.15) is 5.10 Å². The fourth-order valence-electron chi connectivity index (χ4n) is 3.34. The van der Waals surface area contributed by atoms with Crippen molar-refractivity contribution in [2.75, 3.05) is 51.0 Å². The Morgan fingerprint density at radius 3 is 2.16 bits per heavy atom. The average molecular weight is 442 g/mol. The molecule has 0 unspecified atom stereocenters. The largest absolute Gasteiger partial charge is 0.490 e. The van der Waals surface area contributed by atoms with Crippen LogP contribution in [0.25, 0.3) is 0 Å². The molecule has 0 bridgehead atoms. The molecular formula is C24H31N3O5. The van der Waals surface area contributed by atoms with E-state index in [1.807, 2.05) is 45.0 Å². The van der Waals surface area contributed by atoms with Gasteiger partial charge in [-0.15, -0.1) is 0 Å². The van der Waals surface area contributed by atoms with Gasteiger partial charge in [-0.1, -0.05) is 12.1 Å². The van der Waals surface area contributed by atoms with Crippen LogP contribution < -0.4 is 24.5 Å². The van der Waals surface area contributed by atoms with Crippen molar-refractivity contribution in [1.29, 1.82) is 0 Å². The smallest absolute Gasteiger partial charge is 0.271 e. The summed E-state index contributed by atoms with van der Waals surface area (Å²) in [5, 5.41) is 4.10. The zero-order chi connectivity index (χ0) is 22.8. The molecule has 8 nitrogen and oxygen atoms in total. The van der Waals surface area contributed by atoms with E-state index in [0.29, 0.717) is 42.6 Å². The minimum absolute atomic E-state index is 0.365. The molecule has 0 spiro atoms. The summed E-state index contributed by atoms with van der Waals surface area (Å²) in [7, 11) is 0. The standard InChI is InChI=1S/C24H31N3O5/c1-4-30-21-15-19(16-22(31-5-2)23(21)32-6-3)24(28)26-25-17-18-7-9-20(10-8-18)27-11-13-29-14-12-27/h7-10,15-17H,4-6,11-14H2,1-3H3,(H,26,28)/b25-17-. The molecule has 1 saturated heterocycles. The third kappa shape index (κ3) is 6.13. The van der Waals surface area contributed by atoms with Crippen LogP contribution in [0, 0.1) is 0 Å². The zero-order valence-corrected chi connectivity index (χ0v) is 18.9. The van der Waals surface area contributed by atoms with Crippen LogP contribution in [0.15, 0.2) is 41.5 Å². The summed E-state index contributed by atoms with van der Waals surface area (Å²) in [6, 6.07) is 11.3. The fourth-order valence-corrected chi connectivity index (χ4v) is 3.34. The summed E-state index contributed by atoms with van der Waals surface area (Å²) in [6.45, 7) is 10.2. The first-order chi connectivity index (χ1) is 15.7. The van der Waals surface area contributed by atoms with Crippen LogP contribution in [0.1, 0.15) is 36.7 Å². The van der Waals surface area contributed by atoms with Gasteiger partial charge < -0.3 is 23.8 Å². The number of carbonyl (C=O) groups excluding carboxylic acids is 1. The van der Waals surface area contributed by atoms with Crippen molar-refractivity contribution < 1.29 is 23.7 Å². The van der Waals surface area contributed by atoms with Gasteiger partial charge in [-0.25, -0.2) is 5.43 Å². The summed E-state index contributed by atoms with van der Waals surface area (Å²) in [5.74, 6) is 1.06. The number of benzene rings is 2. The third-order valence-corrected chi connectivity index (χ3v) is 4.82. The van der Waals surface area contributed by atoms with Gasteiger partial charge >= 0.3 is 0 Å². The van der Waals surface area contributed by atoms with Crippen LogP contribution >= 0.6 is 0 Å². The number of nitrogens with zero attached hydrogens (tertiary/aromatic N) is 2. The molecular weight excluding hydrogens is 410 g/mol. The van der Waals surface area contributed by atoms with Crippen LogP contribution in [0.3, 0.4) is 0 Å². The van der Waals surface area contributed by atoms with Crippen LogP contribution in [-0.2, 0) is 4.74 Å². The number of amides is 1. The number of hydrogen-bond acceptors (Lipinski definition) is 7. The minimum atomic E-state index is -0.365. The van der Waals surface area contributed by atoms with E-state index in [9.17, 15) is 4.79 Å². The summed E-state index contributed by atoms with van der Waals surface area (Å²) in [6.07, 6.45) is 1.61. The van der Waals surface area contributed by atoms with Gasteiger partial charge in [0.05, 0.1) is 39.2 Å². The van der Waals surface area contributed by atoms with Gasteiger partial charge in [0.15, 0.2) is 11.5 Å². The Bertz CT molecular complexity index is 881. The molecule has 172 valence electrons. The number of anilines is 1. The highest BCUT2D eigenvalue weighted by molar-refractivity contribution is 5.96. The second-order valence-electron chi connectivity index (χ2n) is 6.99. The van der Waals surface area contributed by atoms with Crippen LogP contribution in [0.5, 0.6) is 17.2 Å². The quantitative estimate of drug-likeness (QED) is 0.449. The van der Waals surface area contributed by atoms with Crippen molar-refractivity contribution in [3.05, 3.63) is 47.5 Å². The molecule has 2 aromatic carbocycles. The fraction of sp³-hybridized carbons (Fsp3) is 0.417. The molecule has 1 heterocycles. The van der Waals surface area contributed by atoms with Crippen molar-refractivity contribution in [1.82, 2.24) is 5.43 Å². The van der Waals surface area contributed by atoms with Gasteiger partial charge in [-0.05, 0) is 50.6 Å². The minimum Gasteiger partial charge on any atom is -0.490 e. The van der Waals surface area contributed by atoms with Crippen LogP contribution in [0.4, 0.5) is 5.69 Å². The molecule has 8 heteroatoms. The lowest BCUT2D eigenvalue weighted by molar-refractivity contribution is 0.0954. The number of morpholine rings is 1. The van der Waals surface area contributed by atoms with E-state index in [1.165, 1.54) is 0 Å². The lowest BCUT2D eigenvalue weighted by Gasteiger charge is -2.28. The van der Waals surface area contributed by atoms with Crippen molar-refractivity contribution in [3.8, 4) is 17.2 Å². The number of ether oxygens (including phenoxy) is 4. The molecule has 1 fully saturated rings. The van der Waals surface area contributed by atoms with Gasteiger partial charge in [0.2, 0.25) is 5.75 Å². The molecule has 0 atom stereocenters. The van der Waals surface area contributed by atoms with Crippen molar-refractivity contribution in [2.24, 2.45) is 5.10 Å². The average Bonchev–Trinajstić information content (AvgIpc) is 2.82. The summed E-state index contributed by atoms with van der Waals surface area (Å²) in [5.41, 5.74) is 4.98. The normalized spacial score (nSPS) is 13.8. The first kappa shape index (κ1) is 23.4. The Hall–Kier alpha value is -3.26. The first-order valence-electron chi connectivity index (χ1n) is 11.0. The van der Waals surface area contributed by atoms with E-state index in [2.05, 4.69) is 15.4 Å². The Labute approximate surface area is 189 Å². The second kappa shape index (κ2) is 12.0. The molecule has 1 amide bonds. The number of nitrogens with one attached hydrogen (secondary N) is 1. The molecule has 2 aromatic rings. The molecule has 1 aliphatic heterocycles. The van der Waals surface area contributed by atoms with E-state index in [4.69, 9.17) is 18.9 Å². The SMILES string of the molecule is CCOc1cc(C(=O)N/N=C\c2ccc(N3CCOCC3)cc2)cc(OCC)c1OCC. The van der Waals surface area contributed by atoms with Crippen molar-refractivity contribution in [3.63, 3.8) is 0 Å². The molecule has 0 radical (unpaired) electrons. The maximum Gasteiger partial charge on any atom is 0.271 e. The van der Waals surface area contributed by atoms with Gasteiger partial charge in [0.1, 0.15) is 0 Å². The summed E-state index contributed by atoms with van der Waals surface area (Å²) < 4.78 is 22.4. The Morgan fingerprint density at radius 2 is 1.59 bits per heavy atom. The molecule has 32 heavy (non-hydrogen) atoms. The van der Waals surface area contributed by atoms with Crippen LogP contribution in [-0.4, -0.2) is 58.2 Å². The van der Waals surface area contributed by atoms with E-state index < -0.39 is 0 Å². The lowest BCUT2D eigenvalue weighted by Crippen LogP contribution is -2.36. The highest BCUT2D eigenvalue weighted by Crippen LogP contribution is 2.39. The topological polar surface area (TPSA) is 81.6 Å². The monoisotopic (exact) mass is 441 g/mol. The summed E-state index contributed by atoms with van der Waals surface area (Å²) >= 11 is 0. The molecule has 1 aliphatic rings. The van der Waals surface area contributed by atoms with Gasteiger partial charge in [0.25, 0.3) is 5.91 Å². The molecule has 3 rings (SSSR count). The molecule has 0 aromatic heterocycles. The molecule has 1 N–H and O–H groups in total. The Morgan fingerprint density at radius 1 is 1.00 bits per heavy atom. The van der Waals surface area contributed by atoms with Gasteiger partial charge in [0, 0.05) is 24.3 Å². The van der Waals surface area contributed by atoms with E-state index in [1.54, 1.807) is 18.3 Å². The van der Waals surface area contributed by atoms with Gasteiger partial charge in [-0.3, -0.25) is 4.79 Å². The third-order valence-electron chi connectivity index (χ3n) is 4.82. The Balaban J connectivity index is 1.68. The highest BCUT2D eigenvalue weighted by atomic mass is 16.5. The summed E-state index contributed by atoms with van der Waals surface area (Å²) in [4.78, 5) is 15.0. The highest BCUT2D eigenvalue weighted by Gasteiger charge is 2.18. The van der Waals surface area contributed by atoms with Crippen LogP contribution in [0.2, 0.25) is 0 Å². The zero-order valence-electron chi connectivity index (χ0n) is 18.9. The van der Waals surface area contributed by atoms with E-state index in [-0.39, 0.29) is 5.91 Å². The second-order valence-corrected chi connectivity index (χ2v) is 6.99. The maximum atomic E-state index is 12.7. The number of hydrogen-bond donors (Lipinski definition) is 1. The predicted octanol–water partition coefficient (Wildman–Crippen LogP) is 3.48. The number of hydrazone groups is 1. The maximum absolute atomic E-state index is 12.7. The Kier molecular flexibility index (Phi) is 8.74. The predicted molar refractivity (Wildman–Crippen MR) is 124 cm³/mol. The first-order valence-corrected chi connectivity index (χ1v) is 11.0. The van der Waals surface area contributed by atoms with Crippen molar-refractivity contribution >= 4 is 17.8 Å². The van der Waals surface area contributed by atoms with E-state index >= 15 is 0 Å². The van der Waals surface area contributed by atoms with E-state index in [0.717, 1.165) is 37.6 Å².